The van der Waals surface area contributed by atoms with E-state index in [4.69, 9.17) is 0 Å². The minimum absolute atomic E-state index is 0.0974. The van der Waals surface area contributed by atoms with E-state index in [1.54, 1.807) is 12.1 Å². The van der Waals surface area contributed by atoms with E-state index in [2.05, 4.69) is 15.0 Å². The molecule has 6 nitrogen and oxygen atoms in total. The van der Waals surface area contributed by atoms with Crippen LogP contribution in [0.25, 0.3) is 10.9 Å². The Bertz CT molecular complexity index is 1040. The number of H-pyrrole nitrogens is 1. The first-order valence-electron chi connectivity index (χ1n) is 8.94. The molecule has 1 heterocycles. The summed E-state index contributed by atoms with van der Waals surface area (Å²) in [5, 5.41) is 4.00. The Kier molecular flexibility index (Phi) is 5.93. The number of hydrogen-bond donors (Lipinski definition) is 3. The number of aromatic nitrogens is 1. The summed E-state index contributed by atoms with van der Waals surface area (Å²) in [5.74, 6) is -0.289. The SMILES string of the molecule is CCCNS(=O)(=O)c1cccc(C(=O)NCCc2c[nH]c3ccccc23)c1. The van der Waals surface area contributed by atoms with E-state index in [1.807, 2.05) is 37.4 Å². The Hall–Kier alpha value is -2.64. The second-order valence-corrected chi connectivity index (χ2v) is 8.06. The average Bonchev–Trinajstić information content (AvgIpc) is 3.10. The second kappa shape index (κ2) is 8.37. The summed E-state index contributed by atoms with van der Waals surface area (Å²) in [5.41, 5.74) is 2.52. The van der Waals surface area contributed by atoms with Crippen LogP contribution in [-0.2, 0) is 16.4 Å². The first-order chi connectivity index (χ1) is 13.0. The molecule has 0 unspecified atom stereocenters. The summed E-state index contributed by atoms with van der Waals surface area (Å²) in [7, 11) is -3.59. The summed E-state index contributed by atoms with van der Waals surface area (Å²) in [6.07, 6.45) is 3.34. The van der Waals surface area contributed by atoms with E-state index in [0.29, 0.717) is 31.5 Å². The lowest BCUT2D eigenvalue weighted by molar-refractivity contribution is 0.0954. The molecule has 7 heteroatoms. The number of hydrogen-bond acceptors (Lipinski definition) is 3. The maximum atomic E-state index is 12.4. The smallest absolute Gasteiger partial charge is 0.251 e. The molecule has 0 spiro atoms. The molecule has 27 heavy (non-hydrogen) atoms. The van der Waals surface area contributed by atoms with E-state index >= 15 is 0 Å². The van der Waals surface area contributed by atoms with Crippen molar-refractivity contribution in [1.82, 2.24) is 15.0 Å². The molecule has 3 aromatic rings. The third kappa shape index (κ3) is 4.56. The molecule has 3 rings (SSSR count). The van der Waals surface area contributed by atoms with Crippen LogP contribution < -0.4 is 10.0 Å². The Morgan fingerprint density at radius 3 is 2.70 bits per heavy atom. The molecule has 0 radical (unpaired) electrons. The first-order valence-corrected chi connectivity index (χ1v) is 10.4. The Labute approximate surface area is 159 Å². The third-order valence-electron chi connectivity index (χ3n) is 4.30. The fourth-order valence-electron chi connectivity index (χ4n) is 2.88. The van der Waals surface area contributed by atoms with Gasteiger partial charge >= 0.3 is 0 Å². The standard InChI is InChI=1S/C20H23N3O3S/c1-2-11-23-27(25,26)17-7-5-6-15(13-17)20(24)21-12-10-16-14-22-19-9-4-3-8-18(16)19/h3-9,13-14,22-23H,2,10-12H2,1H3,(H,21,24). The van der Waals surface area contributed by atoms with Crippen molar-refractivity contribution in [3.63, 3.8) is 0 Å². The van der Waals surface area contributed by atoms with E-state index in [9.17, 15) is 13.2 Å². The highest BCUT2D eigenvalue weighted by Gasteiger charge is 2.15. The number of amides is 1. The molecule has 0 atom stereocenters. The number of fused-ring (bicyclic) bond motifs is 1. The summed E-state index contributed by atoms with van der Waals surface area (Å²) >= 11 is 0. The molecule has 1 amide bonds. The van der Waals surface area contributed by atoms with E-state index in [0.717, 1.165) is 16.5 Å². The van der Waals surface area contributed by atoms with Gasteiger partial charge in [0.2, 0.25) is 10.0 Å². The molecule has 0 bridgehead atoms. The van der Waals surface area contributed by atoms with Crippen molar-refractivity contribution in [2.75, 3.05) is 13.1 Å². The summed E-state index contributed by atoms with van der Waals surface area (Å²) in [6.45, 7) is 2.72. The van der Waals surface area contributed by atoms with Gasteiger partial charge in [0.15, 0.2) is 0 Å². The minimum Gasteiger partial charge on any atom is -0.361 e. The molecule has 1 aromatic heterocycles. The molecule has 142 valence electrons. The van der Waals surface area contributed by atoms with Gasteiger partial charge in [-0.1, -0.05) is 31.2 Å². The van der Waals surface area contributed by atoms with Gasteiger partial charge in [-0.25, -0.2) is 13.1 Å². The van der Waals surface area contributed by atoms with Crippen LogP contribution >= 0.6 is 0 Å². The highest BCUT2D eigenvalue weighted by molar-refractivity contribution is 7.89. The minimum atomic E-state index is -3.59. The highest BCUT2D eigenvalue weighted by Crippen LogP contribution is 2.18. The van der Waals surface area contributed by atoms with Gasteiger partial charge in [-0.05, 0) is 42.7 Å². The molecular formula is C20H23N3O3S. The van der Waals surface area contributed by atoms with Crippen LogP contribution in [0, 0.1) is 0 Å². The maximum Gasteiger partial charge on any atom is 0.251 e. The zero-order valence-corrected chi connectivity index (χ0v) is 16.0. The Balaban J connectivity index is 1.64. The molecule has 0 saturated carbocycles. The lowest BCUT2D eigenvalue weighted by Gasteiger charge is -2.08. The van der Waals surface area contributed by atoms with Crippen LogP contribution in [0.4, 0.5) is 0 Å². The quantitative estimate of drug-likeness (QED) is 0.557. The number of carbonyl (C=O) groups excluding carboxylic acids is 1. The predicted molar refractivity (Wildman–Crippen MR) is 106 cm³/mol. The fourth-order valence-corrected chi connectivity index (χ4v) is 4.05. The zero-order valence-electron chi connectivity index (χ0n) is 15.2. The van der Waals surface area contributed by atoms with Crippen LogP contribution in [0.2, 0.25) is 0 Å². The average molecular weight is 385 g/mol. The largest absolute Gasteiger partial charge is 0.361 e. The van der Waals surface area contributed by atoms with Crippen LogP contribution in [0.3, 0.4) is 0 Å². The number of aromatic amines is 1. The van der Waals surface area contributed by atoms with Crippen molar-refractivity contribution >= 4 is 26.8 Å². The summed E-state index contributed by atoms with van der Waals surface area (Å²) < 4.78 is 26.9. The van der Waals surface area contributed by atoms with Crippen LogP contribution in [0.15, 0.2) is 59.6 Å². The van der Waals surface area contributed by atoms with Gasteiger partial charge < -0.3 is 10.3 Å². The fraction of sp³-hybridized carbons (Fsp3) is 0.250. The zero-order chi connectivity index (χ0) is 19.3. The predicted octanol–water partition coefficient (Wildman–Crippen LogP) is 2.83. The van der Waals surface area contributed by atoms with Gasteiger partial charge in [-0.3, -0.25) is 4.79 Å². The normalized spacial score (nSPS) is 11.6. The Morgan fingerprint density at radius 2 is 1.89 bits per heavy atom. The van der Waals surface area contributed by atoms with Gasteiger partial charge in [-0.2, -0.15) is 0 Å². The number of para-hydroxylation sites is 1. The highest BCUT2D eigenvalue weighted by atomic mass is 32.2. The van der Waals surface area contributed by atoms with Gasteiger partial charge in [0.1, 0.15) is 0 Å². The molecule has 2 aromatic carbocycles. The van der Waals surface area contributed by atoms with Crippen LogP contribution in [0.5, 0.6) is 0 Å². The monoisotopic (exact) mass is 385 g/mol. The van der Waals surface area contributed by atoms with Crippen molar-refractivity contribution in [3.8, 4) is 0 Å². The number of nitrogens with one attached hydrogen (secondary N) is 3. The lowest BCUT2D eigenvalue weighted by Crippen LogP contribution is -2.27. The van der Waals surface area contributed by atoms with Gasteiger partial charge in [-0.15, -0.1) is 0 Å². The van der Waals surface area contributed by atoms with Crippen LogP contribution in [0.1, 0.15) is 29.3 Å². The van der Waals surface area contributed by atoms with Gasteiger partial charge in [0, 0.05) is 35.8 Å². The molecule has 0 aliphatic rings. The van der Waals surface area contributed by atoms with Gasteiger partial charge in [0.05, 0.1) is 4.90 Å². The van der Waals surface area contributed by atoms with E-state index in [-0.39, 0.29) is 10.8 Å². The first kappa shape index (κ1) is 19.1. The second-order valence-electron chi connectivity index (χ2n) is 6.29. The molecular weight excluding hydrogens is 362 g/mol. The van der Waals surface area contributed by atoms with E-state index in [1.165, 1.54) is 12.1 Å². The number of rotatable bonds is 8. The summed E-state index contributed by atoms with van der Waals surface area (Å²) in [4.78, 5) is 15.7. The Morgan fingerprint density at radius 1 is 1.07 bits per heavy atom. The topological polar surface area (TPSA) is 91.1 Å². The van der Waals surface area contributed by atoms with Gasteiger partial charge in [0.25, 0.3) is 5.91 Å². The van der Waals surface area contributed by atoms with Crippen LogP contribution in [-0.4, -0.2) is 32.4 Å². The molecule has 0 fully saturated rings. The molecule has 3 N–H and O–H groups in total. The molecule has 0 aliphatic heterocycles. The van der Waals surface area contributed by atoms with Crippen molar-refractivity contribution in [2.45, 2.75) is 24.7 Å². The number of sulfonamides is 1. The molecule has 0 aliphatic carbocycles. The van der Waals surface area contributed by atoms with Crippen molar-refractivity contribution < 1.29 is 13.2 Å². The number of benzene rings is 2. The van der Waals surface area contributed by atoms with E-state index < -0.39 is 10.0 Å². The summed E-state index contributed by atoms with van der Waals surface area (Å²) in [6, 6.07) is 14.1. The van der Waals surface area contributed by atoms with Crippen molar-refractivity contribution in [3.05, 3.63) is 65.9 Å². The lowest BCUT2D eigenvalue weighted by atomic mass is 10.1. The number of carbonyl (C=O) groups is 1. The van der Waals surface area contributed by atoms with Crippen molar-refractivity contribution in [1.29, 1.82) is 0 Å². The maximum absolute atomic E-state index is 12.4. The third-order valence-corrected chi connectivity index (χ3v) is 5.76. The van der Waals surface area contributed by atoms with Crippen molar-refractivity contribution in [2.24, 2.45) is 0 Å². The molecule has 0 saturated heterocycles.